The van der Waals surface area contributed by atoms with Crippen LogP contribution < -0.4 is 56.8 Å². The van der Waals surface area contributed by atoms with Crippen molar-refractivity contribution < 1.29 is 68.7 Å². The fourth-order valence-corrected chi connectivity index (χ4v) is 1.95. The number of hydrogen-bond acceptors (Lipinski definition) is 1. The third-order valence-electron chi connectivity index (χ3n) is 2.78. The van der Waals surface area contributed by atoms with Crippen LogP contribution in [0.2, 0.25) is 0 Å². The maximum atomic E-state index is 12.7. The largest absolute Gasteiger partial charge is 1.00 e. The van der Waals surface area contributed by atoms with Crippen LogP contribution in [0.15, 0.2) is 46.9 Å². The molecule has 0 radical (unpaired) electrons. The normalized spacial score (nSPS) is 11.7. The van der Waals surface area contributed by atoms with Crippen molar-refractivity contribution in [3.63, 3.8) is 0 Å². The van der Waals surface area contributed by atoms with Crippen LogP contribution in [0.4, 0.5) is 12.9 Å². The van der Waals surface area contributed by atoms with Gasteiger partial charge in [0.25, 0.3) is 0 Å². The predicted octanol–water partition coefficient (Wildman–Crippen LogP) is 0.644. The van der Waals surface area contributed by atoms with Gasteiger partial charge in [0, 0.05) is 10.8 Å². The Kier molecular flexibility index (Phi) is 3.94. The van der Waals surface area contributed by atoms with E-state index in [0.717, 1.165) is 12.1 Å². The van der Waals surface area contributed by atoms with Crippen LogP contribution in [0, 0.1) is 0 Å². The molecule has 0 amide bonds. The van der Waals surface area contributed by atoms with Gasteiger partial charge >= 0.3 is 58.4 Å². The second-order valence-corrected chi connectivity index (χ2v) is 3.93. The van der Waals surface area contributed by atoms with Crippen LogP contribution >= 0.6 is 0 Å². The third-order valence-corrected chi connectivity index (χ3v) is 2.78. The van der Waals surface area contributed by atoms with Crippen LogP contribution in [0.25, 0.3) is 21.9 Å². The Bertz CT molecular complexity index is 705. The first-order chi connectivity index (χ1) is 8.05. The maximum Gasteiger partial charge on any atom is 1.00 e. The standard InChI is InChI=1S/C12H7BF3O.K/c14-13(15,16)8-5-6-12-10(7-8)9-3-1-2-4-11(9)17-12;/h1-7H;/q-1;+1. The second kappa shape index (κ2) is 5.02. The molecule has 6 heteroatoms. The van der Waals surface area contributed by atoms with Crippen molar-refractivity contribution in [3.8, 4) is 0 Å². The zero-order chi connectivity index (χ0) is 12.0. The first-order valence-corrected chi connectivity index (χ1v) is 5.17. The van der Waals surface area contributed by atoms with Crippen LogP contribution in [-0.2, 0) is 0 Å². The average molecular weight is 274 g/mol. The summed E-state index contributed by atoms with van der Waals surface area (Å²) in [6.45, 7) is -4.97. The summed E-state index contributed by atoms with van der Waals surface area (Å²) in [6.07, 6.45) is 0. The Hall–Kier alpha value is -0.269. The summed E-state index contributed by atoms with van der Waals surface area (Å²) in [5.74, 6) is 0. The minimum absolute atomic E-state index is 0. The van der Waals surface area contributed by atoms with Gasteiger partial charge in [-0.25, -0.2) is 0 Å². The van der Waals surface area contributed by atoms with Crippen molar-refractivity contribution in [3.05, 3.63) is 42.5 Å². The van der Waals surface area contributed by atoms with Gasteiger partial charge in [-0.15, -0.1) is 5.46 Å². The molecule has 1 aromatic heterocycles. The van der Waals surface area contributed by atoms with Gasteiger partial charge in [0.15, 0.2) is 0 Å². The average Bonchev–Trinajstić information content (AvgIpc) is 2.65. The third kappa shape index (κ3) is 2.40. The molecule has 1 nitrogen and oxygen atoms in total. The van der Waals surface area contributed by atoms with Crippen LogP contribution in [0.5, 0.6) is 0 Å². The van der Waals surface area contributed by atoms with Crippen LogP contribution in [0.3, 0.4) is 0 Å². The number of furan rings is 1. The quantitative estimate of drug-likeness (QED) is 0.594. The summed E-state index contributed by atoms with van der Waals surface area (Å²) in [7, 11) is 0. The van der Waals surface area contributed by atoms with Gasteiger partial charge in [-0.05, 0) is 12.1 Å². The van der Waals surface area contributed by atoms with E-state index in [0.29, 0.717) is 21.9 Å². The summed E-state index contributed by atoms with van der Waals surface area (Å²) in [4.78, 5) is 0. The minimum atomic E-state index is -4.97. The Morgan fingerprint density at radius 3 is 2.22 bits per heavy atom. The molecule has 3 aromatic rings. The van der Waals surface area contributed by atoms with E-state index < -0.39 is 12.4 Å². The molecule has 0 aliphatic carbocycles. The SMILES string of the molecule is F[B-](F)(F)c1ccc2oc3ccccc3c2c1.[K+]. The number of fused-ring (bicyclic) bond motifs is 3. The Morgan fingerprint density at radius 1 is 0.833 bits per heavy atom. The molecule has 0 N–H and O–H groups in total. The number of rotatable bonds is 1. The van der Waals surface area contributed by atoms with E-state index in [-0.39, 0.29) is 51.4 Å². The molecule has 86 valence electrons. The molecule has 1 heterocycles. The topological polar surface area (TPSA) is 13.1 Å². The molecule has 0 spiro atoms. The van der Waals surface area contributed by atoms with Gasteiger partial charge in [-0.1, -0.05) is 30.3 Å². The van der Waals surface area contributed by atoms with E-state index in [1.54, 1.807) is 24.3 Å². The van der Waals surface area contributed by atoms with Crippen molar-refractivity contribution in [2.24, 2.45) is 0 Å². The molecule has 0 aliphatic rings. The summed E-state index contributed by atoms with van der Waals surface area (Å²) in [5.41, 5.74) is 0.494. The fraction of sp³-hybridized carbons (Fsp3) is 0. The molecular weight excluding hydrogens is 267 g/mol. The van der Waals surface area contributed by atoms with E-state index in [9.17, 15) is 12.9 Å². The number of halogens is 3. The molecule has 0 saturated heterocycles. The Balaban J connectivity index is 0.00000120. The van der Waals surface area contributed by atoms with E-state index in [2.05, 4.69) is 0 Å². The van der Waals surface area contributed by atoms with Crippen molar-refractivity contribution in [2.75, 3.05) is 0 Å². The molecule has 0 unspecified atom stereocenters. The number of benzene rings is 2. The first-order valence-electron chi connectivity index (χ1n) is 5.17. The van der Waals surface area contributed by atoms with Crippen LogP contribution in [-0.4, -0.2) is 6.98 Å². The van der Waals surface area contributed by atoms with Gasteiger partial charge < -0.3 is 17.4 Å². The zero-order valence-electron chi connectivity index (χ0n) is 9.66. The molecule has 0 saturated carbocycles. The van der Waals surface area contributed by atoms with Gasteiger partial charge in [0.1, 0.15) is 11.2 Å². The fourth-order valence-electron chi connectivity index (χ4n) is 1.95. The van der Waals surface area contributed by atoms with Crippen molar-refractivity contribution in [1.29, 1.82) is 0 Å². The van der Waals surface area contributed by atoms with Crippen LogP contribution in [0.1, 0.15) is 0 Å². The van der Waals surface area contributed by atoms with Gasteiger partial charge in [0.2, 0.25) is 0 Å². The Labute approximate surface area is 144 Å². The molecular formula is C12H7BF3KO. The minimum Gasteiger partial charge on any atom is -0.456 e. The van der Waals surface area contributed by atoms with E-state index in [1.165, 1.54) is 6.07 Å². The monoisotopic (exact) mass is 274 g/mol. The zero-order valence-corrected chi connectivity index (χ0v) is 12.8. The first kappa shape index (κ1) is 14.1. The van der Waals surface area contributed by atoms with Crippen molar-refractivity contribution in [1.82, 2.24) is 0 Å². The molecule has 3 rings (SSSR count). The summed E-state index contributed by atoms with van der Waals surface area (Å²) in [5, 5.41) is 1.22. The van der Waals surface area contributed by atoms with E-state index in [1.807, 2.05) is 0 Å². The number of para-hydroxylation sites is 1. The second-order valence-electron chi connectivity index (χ2n) is 3.93. The summed E-state index contributed by atoms with van der Waals surface area (Å²) >= 11 is 0. The molecule has 0 bridgehead atoms. The van der Waals surface area contributed by atoms with E-state index >= 15 is 0 Å². The molecule has 2 aromatic carbocycles. The summed E-state index contributed by atoms with van der Waals surface area (Å²) < 4.78 is 43.4. The van der Waals surface area contributed by atoms with Crippen molar-refractivity contribution >= 4 is 34.4 Å². The molecule has 0 atom stereocenters. The smallest absolute Gasteiger partial charge is 0.456 e. The predicted molar refractivity (Wildman–Crippen MR) is 62.4 cm³/mol. The maximum absolute atomic E-state index is 12.7. The Morgan fingerprint density at radius 2 is 1.50 bits per heavy atom. The molecule has 0 fully saturated rings. The van der Waals surface area contributed by atoms with Gasteiger partial charge in [-0.2, -0.15) is 0 Å². The van der Waals surface area contributed by atoms with Gasteiger partial charge in [0.05, 0.1) is 0 Å². The summed E-state index contributed by atoms with van der Waals surface area (Å²) in [6, 6.07) is 10.7. The van der Waals surface area contributed by atoms with Gasteiger partial charge in [-0.3, -0.25) is 0 Å². The van der Waals surface area contributed by atoms with E-state index in [4.69, 9.17) is 4.42 Å². The van der Waals surface area contributed by atoms with Crippen molar-refractivity contribution in [2.45, 2.75) is 0 Å². The molecule has 18 heavy (non-hydrogen) atoms. The number of hydrogen-bond donors (Lipinski definition) is 0. The molecule has 0 aliphatic heterocycles.